The zero-order valence-electron chi connectivity index (χ0n) is 35.9. The Kier molecular flexibility index (Phi) is 11.6. The molecule has 10 rings (SSSR count). The van der Waals surface area contributed by atoms with Crippen LogP contribution in [-0.2, 0) is 21.3 Å². The van der Waals surface area contributed by atoms with Crippen molar-refractivity contribution in [3.8, 4) is 11.8 Å². The molecule has 2 N–H and O–H groups in total. The molecule has 1 saturated carbocycles. The number of carbonyl (C=O) groups is 2. The van der Waals surface area contributed by atoms with Crippen molar-refractivity contribution in [3.05, 3.63) is 82.4 Å². The summed E-state index contributed by atoms with van der Waals surface area (Å²) >= 11 is 0. The number of morpholine rings is 1. The molecule has 4 aromatic heterocycles. The van der Waals surface area contributed by atoms with Crippen LogP contribution in [-0.4, -0.2) is 108 Å². The summed E-state index contributed by atoms with van der Waals surface area (Å²) in [5.74, 6) is 6.79. The molecule has 4 saturated heterocycles. The van der Waals surface area contributed by atoms with Crippen LogP contribution in [0.1, 0.15) is 104 Å². The summed E-state index contributed by atoms with van der Waals surface area (Å²) in [6.07, 6.45) is 10.8. The fraction of sp³-hybridized carbons (Fsp3) is 0.522. The van der Waals surface area contributed by atoms with Crippen LogP contribution < -0.4 is 21.2 Å². The number of rotatable bonds is 10. The number of anilines is 2. The molecule has 0 radical (unpaired) electrons. The summed E-state index contributed by atoms with van der Waals surface area (Å²) in [7, 11) is 1.71. The van der Waals surface area contributed by atoms with E-state index < -0.39 is 24.1 Å². The number of nitrogens with one attached hydrogen (secondary N) is 2. The highest BCUT2D eigenvalue weighted by atomic mass is 19.3. The van der Waals surface area contributed by atoms with Gasteiger partial charge in [0.05, 0.1) is 52.8 Å². The topological polar surface area (TPSA) is 158 Å². The van der Waals surface area contributed by atoms with Crippen LogP contribution in [0.2, 0.25) is 0 Å². The second-order valence-electron chi connectivity index (χ2n) is 18.0. The maximum atomic E-state index is 14.3. The predicted octanol–water partition coefficient (Wildman–Crippen LogP) is 5.37. The highest BCUT2D eigenvalue weighted by molar-refractivity contribution is 6.08. The van der Waals surface area contributed by atoms with Gasteiger partial charge in [-0.3, -0.25) is 23.4 Å². The number of hydrogen-bond donors (Lipinski definition) is 2. The normalized spacial score (nSPS) is 24.4. The zero-order chi connectivity index (χ0) is 44.1. The van der Waals surface area contributed by atoms with E-state index in [2.05, 4.69) is 49.1 Å². The van der Waals surface area contributed by atoms with E-state index in [0.29, 0.717) is 46.7 Å². The largest absolute Gasteiger partial charge is 0.371 e. The number of carbonyl (C=O) groups excluding carboxylic acids is 2. The van der Waals surface area contributed by atoms with Crippen LogP contribution >= 0.6 is 0 Å². The third-order valence-corrected chi connectivity index (χ3v) is 13.8. The number of fused-ring (bicyclic) bond motifs is 4. The summed E-state index contributed by atoms with van der Waals surface area (Å²) in [6.45, 7) is 8.41. The minimum Gasteiger partial charge on any atom is -0.371 e. The highest BCUT2D eigenvalue weighted by Gasteiger charge is 2.35. The molecule has 3 atom stereocenters. The molecule has 2 bridgehead atoms. The Bertz CT molecular complexity index is 2700. The lowest BCUT2D eigenvalue weighted by Crippen LogP contribution is -2.43. The van der Waals surface area contributed by atoms with E-state index in [4.69, 9.17) is 14.5 Å². The van der Waals surface area contributed by atoms with Gasteiger partial charge in [0, 0.05) is 57.9 Å². The monoisotopic (exact) mass is 877 g/mol. The molecular weight excluding hydrogens is 825 g/mol. The average molecular weight is 878 g/mol. The lowest BCUT2D eigenvalue weighted by atomic mass is 9.85. The van der Waals surface area contributed by atoms with Crippen molar-refractivity contribution in [1.82, 2.24) is 43.7 Å². The van der Waals surface area contributed by atoms with Gasteiger partial charge in [-0.25, -0.2) is 23.1 Å². The maximum Gasteiger partial charge on any atom is 0.329 e. The molecular formula is C46H53F2N11O5. The molecule has 336 valence electrons. The van der Waals surface area contributed by atoms with Crippen molar-refractivity contribution < 1.29 is 27.8 Å². The van der Waals surface area contributed by atoms with Gasteiger partial charge in [0.2, 0.25) is 5.91 Å². The SMILES string of the molecule is C=C1CCC(n2c(=O)n(C)c3c(C#CCOC4CCN(CC5CCC(n6cc(NC(=O)c7cnn8ccc(N9C[C@H]%10CC[C@@H](C9)O%10)nc78)c(C(F)F)n6)CC5)CC4)cccc32)C(=O)N1. The number of para-hydroxylation sites is 1. The van der Waals surface area contributed by atoms with Crippen molar-refractivity contribution in [1.29, 1.82) is 0 Å². The van der Waals surface area contributed by atoms with Crippen LogP contribution in [0.4, 0.5) is 20.3 Å². The van der Waals surface area contributed by atoms with Gasteiger partial charge >= 0.3 is 5.69 Å². The van der Waals surface area contributed by atoms with E-state index in [9.17, 15) is 23.2 Å². The fourth-order valence-electron chi connectivity index (χ4n) is 10.4. The summed E-state index contributed by atoms with van der Waals surface area (Å²) < 4.78 is 47.1. The van der Waals surface area contributed by atoms with Crippen LogP contribution in [0.25, 0.3) is 16.7 Å². The summed E-state index contributed by atoms with van der Waals surface area (Å²) in [4.78, 5) is 49.1. The third kappa shape index (κ3) is 8.32. The first-order valence-electron chi connectivity index (χ1n) is 22.5. The number of piperidine rings is 2. The molecule has 5 aliphatic rings. The number of aromatic nitrogens is 7. The quantitative estimate of drug-likeness (QED) is 0.175. The van der Waals surface area contributed by atoms with E-state index in [1.807, 2.05) is 24.3 Å². The molecule has 4 aliphatic heterocycles. The van der Waals surface area contributed by atoms with E-state index in [1.165, 1.54) is 10.7 Å². The molecule has 8 heterocycles. The Morgan fingerprint density at radius 1 is 1.05 bits per heavy atom. The van der Waals surface area contributed by atoms with Gasteiger partial charge in [-0.2, -0.15) is 10.2 Å². The van der Waals surface area contributed by atoms with Crippen molar-refractivity contribution >= 4 is 40.0 Å². The average Bonchev–Trinajstić information content (AvgIpc) is 4.07. The molecule has 1 aromatic carbocycles. The maximum absolute atomic E-state index is 14.3. The highest BCUT2D eigenvalue weighted by Crippen LogP contribution is 2.36. The molecule has 1 aliphatic carbocycles. The van der Waals surface area contributed by atoms with Gasteiger partial charge in [0.25, 0.3) is 12.3 Å². The number of hydrogen-bond acceptors (Lipinski definition) is 10. The van der Waals surface area contributed by atoms with Gasteiger partial charge in [0.1, 0.15) is 24.0 Å². The standard InChI is InChI=1S/C46H53F2N11O5/c1-28-8-15-38(45(61)50-28)59-37-7-3-5-30(41(37)54(2)46(59)62)6-4-22-63-32-16-19-55(20-17-32)24-29-9-11-31(12-10-29)58-27-36(40(53-58)42(47)48)51-44(60)35-23-49-57-21-18-39(52-43(35)57)56-25-33-13-14-34(26-56)64-33/h3,5,7,18,21,23,27,29,31-34,38,42H,1,8-17,19-20,22,24-26H2,2H3,(H,50,61)(H,51,60)/t29?,31?,33-,34+,38?. The number of imidazole rings is 1. The number of aryl methyl sites for hydroxylation is 1. The summed E-state index contributed by atoms with van der Waals surface area (Å²) in [5.41, 5.74) is 2.59. The van der Waals surface area contributed by atoms with Gasteiger partial charge < -0.3 is 29.9 Å². The number of likely N-dealkylation sites (tertiary alicyclic amines) is 1. The predicted molar refractivity (Wildman–Crippen MR) is 234 cm³/mol. The Morgan fingerprint density at radius 2 is 1.83 bits per heavy atom. The second-order valence-corrected chi connectivity index (χ2v) is 18.0. The number of ether oxygens (including phenoxy) is 2. The third-order valence-electron chi connectivity index (χ3n) is 13.8. The molecule has 2 amide bonds. The minimum atomic E-state index is -2.86. The van der Waals surface area contributed by atoms with Crippen molar-refractivity contribution in [2.45, 2.75) is 101 Å². The Labute approximate surface area is 368 Å². The molecule has 0 spiro atoms. The number of halogens is 2. The van der Waals surface area contributed by atoms with Gasteiger partial charge in [-0.1, -0.05) is 24.5 Å². The number of nitrogens with zero attached hydrogens (tertiary/aromatic N) is 9. The van der Waals surface area contributed by atoms with E-state index >= 15 is 0 Å². The molecule has 18 heteroatoms. The van der Waals surface area contributed by atoms with Crippen LogP contribution in [0.3, 0.4) is 0 Å². The first-order chi connectivity index (χ1) is 31.1. The smallest absolute Gasteiger partial charge is 0.329 e. The van der Waals surface area contributed by atoms with Crippen molar-refractivity contribution in [2.75, 3.05) is 49.5 Å². The fourth-order valence-corrected chi connectivity index (χ4v) is 10.4. The molecule has 1 unspecified atom stereocenters. The van der Waals surface area contributed by atoms with E-state index in [0.717, 1.165) is 89.9 Å². The van der Waals surface area contributed by atoms with E-state index in [1.54, 1.807) is 33.3 Å². The molecule has 5 aromatic rings. The van der Waals surface area contributed by atoms with Crippen LogP contribution in [0, 0.1) is 17.8 Å². The molecule has 5 fully saturated rings. The Balaban J connectivity index is 0.699. The number of benzene rings is 1. The van der Waals surface area contributed by atoms with Gasteiger partial charge in [-0.05, 0) is 88.3 Å². The second kappa shape index (κ2) is 17.6. The van der Waals surface area contributed by atoms with Crippen molar-refractivity contribution in [2.24, 2.45) is 13.0 Å². The molecule has 16 nitrogen and oxygen atoms in total. The first kappa shape index (κ1) is 42.1. The van der Waals surface area contributed by atoms with Gasteiger partial charge in [0.15, 0.2) is 11.3 Å². The lowest BCUT2D eigenvalue weighted by molar-refractivity contribution is -0.124. The van der Waals surface area contributed by atoms with E-state index in [-0.39, 0.29) is 53.8 Å². The number of alkyl halides is 2. The summed E-state index contributed by atoms with van der Waals surface area (Å²) in [5, 5.41) is 14.1. The minimum absolute atomic E-state index is 0.00333. The van der Waals surface area contributed by atoms with Crippen LogP contribution in [0.15, 0.2) is 59.9 Å². The van der Waals surface area contributed by atoms with Crippen LogP contribution in [0.5, 0.6) is 0 Å². The number of allylic oxidation sites excluding steroid dienone is 1. The first-order valence-corrected chi connectivity index (χ1v) is 22.5. The Morgan fingerprint density at radius 3 is 2.58 bits per heavy atom. The van der Waals surface area contributed by atoms with Crippen molar-refractivity contribution in [3.63, 3.8) is 0 Å². The zero-order valence-corrected chi connectivity index (χ0v) is 35.9. The molecule has 64 heavy (non-hydrogen) atoms. The Hall–Kier alpha value is -5.90. The summed E-state index contributed by atoms with van der Waals surface area (Å²) in [6, 6.07) is 6.82. The van der Waals surface area contributed by atoms with Gasteiger partial charge in [-0.15, -0.1) is 0 Å². The number of amides is 2. The lowest BCUT2D eigenvalue weighted by Gasteiger charge is -2.36.